The van der Waals surface area contributed by atoms with Crippen LogP contribution in [0.1, 0.15) is 38.2 Å². The lowest BCUT2D eigenvalue weighted by Gasteiger charge is -2.03. The van der Waals surface area contributed by atoms with E-state index < -0.39 is 6.09 Å². The van der Waals surface area contributed by atoms with Crippen LogP contribution in [0.3, 0.4) is 0 Å². The highest BCUT2D eigenvalue weighted by Crippen LogP contribution is 2.14. The summed E-state index contributed by atoms with van der Waals surface area (Å²) in [6, 6.07) is 7.51. The van der Waals surface area contributed by atoms with Gasteiger partial charge < -0.3 is 10.5 Å². The molecule has 1 amide bonds. The number of primary amides is 1. The highest BCUT2D eigenvalue weighted by Gasteiger charge is 1.98. The summed E-state index contributed by atoms with van der Waals surface area (Å²) in [5.74, 6) is 0.504. The van der Waals surface area contributed by atoms with Crippen LogP contribution in [0.25, 0.3) is 0 Å². The minimum absolute atomic E-state index is 0.504. The lowest BCUT2D eigenvalue weighted by molar-refractivity contribution is 0.211. The number of ether oxygens (including phenoxy) is 1. The molecule has 0 spiro atoms. The number of rotatable bonds is 6. The van der Waals surface area contributed by atoms with Crippen LogP contribution in [0.4, 0.5) is 4.79 Å². The first-order valence-electron chi connectivity index (χ1n) is 5.78. The summed E-state index contributed by atoms with van der Waals surface area (Å²) in [7, 11) is 0. The number of benzene rings is 1. The Balaban J connectivity index is 2.36. The average Bonchev–Trinajstić information content (AvgIpc) is 2.26. The van der Waals surface area contributed by atoms with E-state index in [0.717, 1.165) is 6.42 Å². The number of amides is 1. The molecular weight excluding hydrogens is 202 g/mol. The first-order chi connectivity index (χ1) is 7.72. The molecule has 16 heavy (non-hydrogen) atoms. The van der Waals surface area contributed by atoms with E-state index in [0.29, 0.717) is 5.75 Å². The summed E-state index contributed by atoms with van der Waals surface area (Å²) >= 11 is 0. The summed E-state index contributed by atoms with van der Waals surface area (Å²) in [5, 5.41) is 0. The lowest BCUT2D eigenvalue weighted by atomic mass is 10.1. The second kappa shape index (κ2) is 6.88. The van der Waals surface area contributed by atoms with Crippen molar-refractivity contribution >= 4 is 6.09 Å². The smallest absolute Gasteiger partial charge is 0.409 e. The molecular formula is C13H19NO2. The molecule has 0 radical (unpaired) electrons. The molecule has 0 aliphatic heterocycles. The molecule has 88 valence electrons. The Kier molecular flexibility index (Phi) is 5.40. The van der Waals surface area contributed by atoms with Gasteiger partial charge in [-0.05, 0) is 30.5 Å². The molecule has 3 heteroatoms. The van der Waals surface area contributed by atoms with Gasteiger partial charge in [-0.3, -0.25) is 0 Å². The maximum absolute atomic E-state index is 10.5. The summed E-state index contributed by atoms with van der Waals surface area (Å²) in [5.41, 5.74) is 6.19. The SMILES string of the molecule is CCCCCCc1ccc(OC(N)=O)cc1. The van der Waals surface area contributed by atoms with Crippen molar-refractivity contribution in [3.63, 3.8) is 0 Å². The summed E-state index contributed by atoms with van der Waals surface area (Å²) < 4.78 is 4.75. The average molecular weight is 221 g/mol. The van der Waals surface area contributed by atoms with Gasteiger partial charge in [-0.1, -0.05) is 38.3 Å². The Morgan fingerprint density at radius 1 is 1.19 bits per heavy atom. The van der Waals surface area contributed by atoms with Crippen LogP contribution in [-0.4, -0.2) is 6.09 Å². The fourth-order valence-corrected chi connectivity index (χ4v) is 1.60. The fourth-order valence-electron chi connectivity index (χ4n) is 1.60. The molecule has 0 aromatic heterocycles. The Labute approximate surface area is 96.6 Å². The second-order valence-corrected chi connectivity index (χ2v) is 3.88. The van der Waals surface area contributed by atoms with E-state index in [-0.39, 0.29) is 0 Å². The zero-order valence-electron chi connectivity index (χ0n) is 9.74. The van der Waals surface area contributed by atoms with Gasteiger partial charge >= 0.3 is 6.09 Å². The van der Waals surface area contributed by atoms with Gasteiger partial charge in [-0.15, -0.1) is 0 Å². The van der Waals surface area contributed by atoms with Crippen LogP contribution in [0.15, 0.2) is 24.3 Å². The molecule has 0 saturated carbocycles. The summed E-state index contributed by atoms with van der Waals surface area (Å²) in [4.78, 5) is 10.5. The van der Waals surface area contributed by atoms with E-state index >= 15 is 0 Å². The molecule has 0 atom stereocenters. The third-order valence-corrected chi connectivity index (χ3v) is 2.46. The molecule has 0 saturated heterocycles. The van der Waals surface area contributed by atoms with Crippen molar-refractivity contribution in [1.82, 2.24) is 0 Å². The van der Waals surface area contributed by atoms with E-state index in [2.05, 4.69) is 6.92 Å². The molecule has 0 bridgehead atoms. The number of hydrogen-bond acceptors (Lipinski definition) is 2. The number of unbranched alkanes of at least 4 members (excludes halogenated alkanes) is 3. The molecule has 0 unspecified atom stereocenters. The minimum Gasteiger partial charge on any atom is -0.411 e. The maximum Gasteiger partial charge on any atom is 0.409 e. The monoisotopic (exact) mass is 221 g/mol. The number of aryl methyl sites for hydroxylation is 1. The number of hydrogen-bond donors (Lipinski definition) is 1. The third kappa shape index (κ3) is 4.82. The second-order valence-electron chi connectivity index (χ2n) is 3.88. The van der Waals surface area contributed by atoms with E-state index in [1.165, 1.54) is 31.2 Å². The van der Waals surface area contributed by atoms with Gasteiger partial charge in [-0.2, -0.15) is 0 Å². The van der Waals surface area contributed by atoms with Crippen molar-refractivity contribution in [2.24, 2.45) is 5.73 Å². The highest BCUT2D eigenvalue weighted by atomic mass is 16.5. The molecule has 3 nitrogen and oxygen atoms in total. The molecule has 2 N–H and O–H groups in total. The third-order valence-electron chi connectivity index (χ3n) is 2.46. The summed E-state index contributed by atoms with van der Waals surface area (Å²) in [6.07, 6.45) is 5.35. The van der Waals surface area contributed by atoms with Gasteiger partial charge in [0.05, 0.1) is 0 Å². The van der Waals surface area contributed by atoms with Gasteiger partial charge in [0.25, 0.3) is 0 Å². The molecule has 1 aromatic rings. The van der Waals surface area contributed by atoms with Crippen molar-refractivity contribution in [2.75, 3.05) is 0 Å². The first kappa shape index (κ1) is 12.6. The Morgan fingerprint density at radius 2 is 1.88 bits per heavy atom. The molecule has 0 fully saturated rings. The highest BCUT2D eigenvalue weighted by molar-refractivity contribution is 5.67. The van der Waals surface area contributed by atoms with Crippen LogP contribution >= 0.6 is 0 Å². The number of carbonyl (C=O) groups excluding carboxylic acids is 1. The lowest BCUT2D eigenvalue weighted by Crippen LogP contribution is -2.16. The van der Waals surface area contributed by atoms with Crippen molar-refractivity contribution in [1.29, 1.82) is 0 Å². The van der Waals surface area contributed by atoms with E-state index in [9.17, 15) is 4.79 Å². The zero-order valence-corrected chi connectivity index (χ0v) is 9.74. The zero-order chi connectivity index (χ0) is 11.8. The first-order valence-corrected chi connectivity index (χ1v) is 5.78. The standard InChI is InChI=1S/C13H19NO2/c1-2-3-4-5-6-11-7-9-12(10-8-11)16-13(14)15/h7-10H,2-6H2,1H3,(H2,14,15). The quantitative estimate of drug-likeness (QED) is 0.749. The molecule has 0 aliphatic carbocycles. The van der Waals surface area contributed by atoms with Crippen LogP contribution in [0.2, 0.25) is 0 Å². The molecule has 0 heterocycles. The van der Waals surface area contributed by atoms with E-state index in [1.807, 2.05) is 12.1 Å². The fraction of sp³-hybridized carbons (Fsp3) is 0.462. The van der Waals surface area contributed by atoms with Crippen molar-refractivity contribution in [3.8, 4) is 5.75 Å². The molecule has 0 aliphatic rings. The van der Waals surface area contributed by atoms with Crippen LogP contribution in [-0.2, 0) is 6.42 Å². The minimum atomic E-state index is -0.768. The molecule has 1 aromatic carbocycles. The topological polar surface area (TPSA) is 52.3 Å². The van der Waals surface area contributed by atoms with Gasteiger partial charge in [0.15, 0.2) is 0 Å². The van der Waals surface area contributed by atoms with E-state index in [1.54, 1.807) is 12.1 Å². The predicted molar refractivity (Wildman–Crippen MR) is 64.5 cm³/mol. The van der Waals surface area contributed by atoms with Gasteiger partial charge in [0.1, 0.15) is 5.75 Å². The van der Waals surface area contributed by atoms with Gasteiger partial charge in [0, 0.05) is 0 Å². The largest absolute Gasteiger partial charge is 0.411 e. The van der Waals surface area contributed by atoms with Crippen molar-refractivity contribution < 1.29 is 9.53 Å². The van der Waals surface area contributed by atoms with Gasteiger partial charge in [-0.25, -0.2) is 4.79 Å². The van der Waals surface area contributed by atoms with Gasteiger partial charge in [0.2, 0.25) is 0 Å². The Hall–Kier alpha value is -1.51. The molecule has 1 rings (SSSR count). The van der Waals surface area contributed by atoms with Crippen LogP contribution in [0, 0.1) is 0 Å². The van der Waals surface area contributed by atoms with E-state index in [4.69, 9.17) is 10.5 Å². The maximum atomic E-state index is 10.5. The number of carbonyl (C=O) groups is 1. The number of nitrogens with two attached hydrogens (primary N) is 1. The normalized spacial score (nSPS) is 10.1. The predicted octanol–water partition coefficient (Wildman–Crippen LogP) is 3.27. The Morgan fingerprint density at radius 3 is 2.44 bits per heavy atom. The van der Waals surface area contributed by atoms with Crippen molar-refractivity contribution in [3.05, 3.63) is 29.8 Å². The van der Waals surface area contributed by atoms with Crippen LogP contribution < -0.4 is 10.5 Å². The van der Waals surface area contributed by atoms with Crippen molar-refractivity contribution in [2.45, 2.75) is 39.0 Å². The Bertz CT molecular complexity index is 319. The summed E-state index contributed by atoms with van der Waals surface area (Å²) in [6.45, 7) is 2.20. The van der Waals surface area contributed by atoms with Crippen LogP contribution in [0.5, 0.6) is 5.75 Å².